The molecule has 3 aromatic rings. The molecule has 1 N–H and O–H groups in total. The standard InChI is InChI=1S/C34H44N4O3/c1-25(20-36(4)23-28-10-7-6-8-11-28)35-19-30-12-9-13-32(18-30)33(39)38-26(2)21-37(22-27(38)3)24-29-14-16-31(17-15-29)34(40)41-5/h6-18,25-27,35H,19-24H2,1-5H3/t25?,26-,27+. The second-order valence-electron chi connectivity index (χ2n) is 11.5. The van der Waals surface area contributed by atoms with Crippen LogP contribution in [0.2, 0.25) is 0 Å². The normalized spacial score (nSPS) is 18.3. The van der Waals surface area contributed by atoms with Crippen LogP contribution in [0.4, 0.5) is 0 Å². The fourth-order valence-electron chi connectivity index (χ4n) is 5.83. The number of likely N-dealkylation sites (N-methyl/N-ethyl adjacent to an activating group) is 1. The predicted octanol–water partition coefficient (Wildman–Crippen LogP) is 4.82. The average Bonchev–Trinajstić information content (AvgIpc) is 2.96. The van der Waals surface area contributed by atoms with Crippen LogP contribution in [0.3, 0.4) is 0 Å². The maximum atomic E-state index is 13.7. The van der Waals surface area contributed by atoms with Gasteiger partial charge in [0, 0.05) is 63.0 Å². The molecule has 0 aliphatic carbocycles. The summed E-state index contributed by atoms with van der Waals surface area (Å²) in [6.45, 7) is 11.4. The molecular formula is C34H44N4O3. The Morgan fingerprint density at radius 1 is 0.902 bits per heavy atom. The van der Waals surface area contributed by atoms with E-state index in [0.29, 0.717) is 11.6 Å². The number of rotatable bonds is 11. The van der Waals surface area contributed by atoms with E-state index in [2.05, 4.69) is 73.3 Å². The van der Waals surface area contributed by atoms with Gasteiger partial charge in [-0.25, -0.2) is 4.79 Å². The Balaban J connectivity index is 1.29. The molecule has 41 heavy (non-hydrogen) atoms. The maximum Gasteiger partial charge on any atom is 0.337 e. The number of hydrogen-bond acceptors (Lipinski definition) is 6. The first-order valence-corrected chi connectivity index (χ1v) is 14.5. The van der Waals surface area contributed by atoms with Crippen LogP contribution in [0.25, 0.3) is 0 Å². The summed E-state index contributed by atoms with van der Waals surface area (Å²) in [7, 11) is 3.54. The third-order valence-corrected chi connectivity index (χ3v) is 7.72. The first kappa shape index (κ1) is 30.4. The molecule has 4 rings (SSSR count). The van der Waals surface area contributed by atoms with Gasteiger partial charge in [0.25, 0.3) is 5.91 Å². The molecular weight excluding hydrogens is 512 g/mol. The Kier molecular flexibility index (Phi) is 10.7. The summed E-state index contributed by atoms with van der Waals surface area (Å²) < 4.78 is 4.80. The highest BCUT2D eigenvalue weighted by atomic mass is 16.5. The molecule has 0 saturated carbocycles. The van der Waals surface area contributed by atoms with Crippen LogP contribution in [0.1, 0.15) is 58.2 Å². The van der Waals surface area contributed by atoms with Crippen molar-refractivity contribution in [3.63, 3.8) is 0 Å². The van der Waals surface area contributed by atoms with Crippen LogP contribution in [-0.2, 0) is 24.4 Å². The number of nitrogens with zero attached hydrogens (tertiary/aromatic N) is 3. The molecule has 3 aromatic carbocycles. The van der Waals surface area contributed by atoms with Gasteiger partial charge in [-0.3, -0.25) is 9.69 Å². The topological polar surface area (TPSA) is 65.1 Å². The summed E-state index contributed by atoms with van der Waals surface area (Å²) >= 11 is 0. The molecule has 1 amide bonds. The number of amides is 1. The molecule has 218 valence electrons. The molecule has 3 atom stereocenters. The summed E-state index contributed by atoms with van der Waals surface area (Å²) in [4.78, 5) is 32.1. The number of carbonyl (C=O) groups is 2. The molecule has 1 unspecified atom stereocenters. The van der Waals surface area contributed by atoms with Gasteiger partial charge >= 0.3 is 5.97 Å². The van der Waals surface area contributed by atoms with Gasteiger partial charge in [-0.1, -0.05) is 54.6 Å². The van der Waals surface area contributed by atoms with Gasteiger partial charge in [-0.15, -0.1) is 0 Å². The Bertz CT molecular complexity index is 1270. The van der Waals surface area contributed by atoms with Gasteiger partial charge in [0.15, 0.2) is 0 Å². The van der Waals surface area contributed by atoms with Crippen molar-refractivity contribution in [2.45, 2.75) is 58.5 Å². The predicted molar refractivity (Wildman–Crippen MR) is 164 cm³/mol. The van der Waals surface area contributed by atoms with E-state index in [4.69, 9.17) is 4.74 Å². The minimum atomic E-state index is -0.327. The average molecular weight is 557 g/mol. The number of hydrogen-bond donors (Lipinski definition) is 1. The molecule has 7 heteroatoms. The van der Waals surface area contributed by atoms with Crippen molar-refractivity contribution in [1.29, 1.82) is 0 Å². The largest absolute Gasteiger partial charge is 0.465 e. The van der Waals surface area contributed by atoms with Crippen LogP contribution in [0.5, 0.6) is 0 Å². The molecule has 1 fully saturated rings. The van der Waals surface area contributed by atoms with E-state index < -0.39 is 0 Å². The van der Waals surface area contributed by atoms with E-state index in [9.17, 15) is 9.59 Å². The van der Waals surface area contributed by atoms with E-state index in [1.165, 1.54) is 12.7 Å². The van der Waals surface area contributed by atoms with Crippen molar-refractivity contribution in [3.05, 3.63) is 107 Å². The molecule has 1 saturated heterocycles. The Morgan fingerprint density at radius 2 is 1.56 bits per heavy atom. The van der Waals surface area contributed by atoms with E-state index in [0.717, 1.165) is 56.0 Å². The van der Waals surface area contributed by atoms with Gasteiger partial charge in [0.2, 0.25) is 0 Å². The highest BCUT2D eigenvalue weighted by Crippen LogP contribution is 2.22. The van der Waals surface area contributed by atoms with Gasteiger partial charge < -0.3 is 19.9 Å². The SMILES string of the molecule is COC(=O)c1ccc(CN2C[C@@H](C)N(C(=O)c3cccc(CNC(C)CN(C)Cc4ccccc4)c3)[C@@H](C)C2)cc1. The second-order valence-corrected chi connectivity index (χ2v) is 11.5. The maximum absolute atomic E-state index is 13.7. The number of benzene rings is 3. The fourth-order valence-corrected chi connectivity index (χ4v) is 5.83. The van der Waals surface area contributed by atoms with Crippen molar-refractivity contribution in [3.8, 4) is 0 Å². The molecule has 0 aromatic heterocycles. The number of nitrogens with one attached hydrogen (secondary N) is 1. The molecule has 7 nitrogen and oxygen atoms in total. The molecule has 1 heterocycles. The van der Waals surface area contributed by atoms with Crippen molar-refractivity contribution < 1.29 is 14.3 Å². The van der Waals surface area contributed by atoms with Crippen LogP contribution >= 0.6 is 0 Å². The number of piperazine rings is 1. The zero-order valence-corrected chi connectivity index (χ0v) is 25.0. The van der Waals surface area contributed by atoms with Crippen molar-refractivity contribution >= 4 is 11.9 Å². The first-order chi connectivity index (χ1) is 19.7. The quantitative estimate of drug-likeness (QED) is 0.342. The van der Waals surface area contributed by atoms with Gasteiger partial charge in [-0.05, 0) is 68.8 Å². The lowest BCUT2D eigenvalue weighted by Crippen LogP contribution is -2.58. The van der Waals surface area contributed by atoms with Crippen molar-refractivity contribution in [2.75, 3.05) is 33.8 Å². The van der Waals surface area contributed by atoms with Crippen molar-refractivity contribution in [1.82, 2.24) is 20.0 Å². The van der Waals surface area contributed by atoms with E-state index >= 15 is 0 Å². The molecule has 0 bridgehead atoms. The summed E-state index contributed by atoms with van der Waals surface area (Å²) in [5.41, 5.74) is 4.85. The highest BCUT2D eigenvalue weighted by Gasteiger charge is 2.33. The van der Waals surface area contributed by atoms with E-state index in [1.54, 1.807) is 12.1 Å². The molecule has 0 spiro atoms. The molecule has 0 radical (unpaired) electrons. The van der Waals surface area contributed by atoms with Crippen LogP contribution < -0.4 is 5.32 Å². The molecule has 1 aliphatic heterocycles. The Labute approximate surface area is 245 Å². The van der Waals surface area contributed by atoms with E-state index in [-0.39, 0.29) is 24.0 Å². The highest BCUT2D eigenvalue weighted by molar-refractivity contribution is 5.95. The lowest BCUT2D eigenvalue weighted by Gasteiger charge is -2.44. The zero-order chi connectivity index (χ0) is 29.4. The van der Waals surface area contributed by atoms with Crippen LogP contribution in [0, 0.1) is 0 Å². The second kappa shape index (κ2) is 14.4. The molecule has 1 aliphatic rings. The van der Waals surface area contributed by atoms with E-state index in [1.807, 2.05) is 41.3 Å². The number of carbonyl (C=O) groups excluding carboxylic acids is 2. The third-order valence-electron chi connectivity index (χ3n) is 7.72. The minimum absolute atomic E-state index is 0.0857. The fraction of sp³-hybridized carbons (Fsp3) is 0.412. The first-order valence-electron chi connectivity index (χ1n) is 14.5. The lowest BCUT2D eigenvalue weighted by atomic mass is 10.0. The van der Waals surface area contributed by atoms with Crippen molar-refractivity contribution in [2.24, 2.45) is 0 Å². The third kappa shape index (κ3) is 8.49. The van der Waals surface area contributed by atoms with Gasteiger partial charge in [-0.2, -0.15) is 0 Å². The van der Waals surface area contributed by atoms with Gasteiger partial charge in [0.05, 0.1) is 12.7 Å². The van der Waals surface area contributed by atoms with Gasteiger partial charge in [0.1, 0.15) is 0 Å². The Morgan fingerprint density at radius 3 is 2.22 bits per heavy atom. The van der Waals surface area contributed by atoms with Crippen LogP contribution in [-0.4, -0.2) is 78.5 Å². The summed E-state index contributed by atoms with van der Waals surface area (Å²) in [5.74, 6) is -0.240. The van der Waals surface area contributed by atoms with Crippen LogP contribution in [0.15, 0.2) is 78.9 Å². The number of ether oxygens (including phenoxy) is 1. The zero-order valence-electron chi connectivity index (χ0n) is 25.0. The number of esters is 1. The summed E-state index contributed by atoms with van der Waals surface area (Å²) in [5, 5.41) is 3.62. The number of methoxy groups -OCH3 is 1. The Hall–Kier alpha value is -3.52. The summed E-state index contributed by atoms with van der Waals surface area (Å²) in [6.07, 6.45) is 0. The smallest absolute Gasteiger partial charge is 0.337 e. The lowest BCUT2D eigenvalue weighted by molar-refractivity contribution is 0.0268. The minimum Gasteiger partial charge on any atom is -0.465 e. The summed E-state index contributed by atoms with van der Waals surface area (Å²) in [6, 6.07) is 26.6. The monoisotopic (exact) mass is 556 g/mol.